The molecule has 0 aliphatic carbocycles. The molecule has 3 aromatic rings. The van der Waals surface area contributed by atoms with E-state index in [0.29, 0.717) is 30.4 Å². The minimum atomic E-state index is -0.108. The Hall–Kier alpha value is -1.90. The number of thiophene rings is 1. The number of anilines is 1. The SMILES string of the molecule is O=C(Cc1csc(-c2cc(Br)cs2)n1)Nc1ccc2c(c1)OCCCO2. The largest absolute Gasteiger partial charge is 0.490 e. The molecule has 5 nitrogen and oxygen atoms in total. The van der Waals surface area contributed by atoms with Crippen molar-refractivity contribution >= 4 is 50.2 Å². The number of nitrogens with one attached hydrogen (secondary N) is 1. The summed E-state index contributed by atoms with van der Waals surface area (Å²) in [6.07, 6.45) is 1.08. The third kappa shape index (κ3) is 4.08. The molecule has 0 unspecified atom stereocenters. The van der Waals surface area contributed by atoms with E-state index in [4.69, 9.17) is 9.47 Å². The van der Waals surface area contributed by atoms with Crippen molar-refractivity contribution in [2.75, 3.05) is 18.5 Å². The highest BCUT2D eigenvalue weighted by atomic mass is 79.9. The number of thiazole rings is 1. The van der Waals surface area contributed by atoms with Gasteiger partial charge in [0.1, 0.15) is 5.01 Å². The van der Waals surface area contributed by atoms with Crippen LogP contribution in [-0.2, 0) is 11.2 Å². The van der Waals surface area contributed by atoms with Gasteiger partial charge in [0.05, 0.1) is 30.2 Å². The first-order valence-electron chi connectivity index (χ1n) is 8.06. The first-order chi connectivity index (χ1) is 12.7. The summed E-state index contributed by atoms with van der Waals surface area (Å²) >= 11 is 6.62. The van der Waals surface area contributed by atoms with Gasteiger partial charge in [0.25, 0.3) is 0 Å². The average Bonchev–Trinajstić information content (AvgIpc) is 3.18. The van der Waals surface area contributed by atoms with E-state index in [1.807, 2.05) is 29.0 Å². The van der Waals surface area contributed by atoms with Gasteiger partial charge in [0, 0.05) is 33.4 Å². The number of fused-ring (bicyclic) bond motifs is 1. The molecule has 1 aliphatic rings. The molecular formula is C18H15BrN2O3S2. The maximum atomic E-state index is 12.3. The Morgan fingerprint density at radius 1 is 1.15 bits per heavy atom. The van der Waals surface area contributed by atoms with Gasteiger partial charge in [-0.1, -0.05) is 0 Å². The zero-order valence-corrected chi connectivity index (χ0v) is 16.9. The molecule has 134 valence electrons. The molecule has 0 saturated carbocycles. The van der Waals surface area contributed by atoms with Crippen LogP contribution in [0, 0.1) is 0 Å². The second kappa shape index (κ2) is 7.77. The second-order valence-electron chi connectivity index (χ2n) is 5.71. The molecule has 0 fully saturated rings. The second-order valence-corrected chi connectivity index (χ2v) is 8.40. The van der Waals surface area contributed by atoms with Crippen LogP contribution in [0.2, 0.25) is 0 Å². The molecular weight excluding hydrogens is 436 g/mol. The molecule has 1 amide bonds. The van der Waals surface area contributed by atoms with E-state index in [9.17, 15) is 4.79 Å². The Labute approximate surface area is 167 Å². The van der Waals surface area contributed by atoms with Crippen molar-refractivity contribution in [1.82, 2.24) is 4.98 Å². The van der Waals surface area contributed by atoms with Gasteiger partial charge in [-0.05, 0) is 34.1 Å². The molecule has 3 heterocycles. The number of hydrogen-bond donors (Lipinski definition) is 1. The highest BCUT2D eigenvalue weighted by Crippen LogP contribution is 2.33. The van der Waals surface area contributed by atoms with Gasteiger partial charge in [0.15, 0.2) is 11.5 Å². The van der Waals surface area contributed by atoms with Crippen LogP contribution in [0.3, 0.4) is 0 Å². The Morgan fingerprint density at radius 2 is 2.00 bits per heavy atom. The van der Waals surface area contributed by atoms with Crippen molar-refractivity contribution < 1.29 is 14.3 Å². The molecule has 0 saturated heterocycles. The van der Waals surface area contributed by atoms with Crippen molar-refractivity contribution in [3.05, 3.63) is 45.2 Å². The summed E-state index contributed by atoms with van der Waals surface area (Å²) in [5.74, 6) is 1.27. The van der Waals surface area contributed by atoms with E-state index < -0.39 is 0 Å². The number of carbonyl (C=O) groups excluding carboxylic acids is 1. The lowest BCUT2D eigenvalue weighted by Gasteiger charge is -2.10. The fourth-order valence-electron chi connectivity index (χ4n) is 2.54. The first kappa shape index (κ1) is 17.5. The number of aromatic nitrogens is 1. The summed E-state index contributed by atoms with van der Waals surface area (Å²) in [5.41, 5.74) is 1.46. The highest BCUT2D eigenvalue weighted by molar-refractivity contribution is 9.10. The normalized spacial score (nSPS) is 13.3. The van der Waals surface area contributed by atoms with Crippen molar-refractivity contribution in [2.24, 2.45) is 0 Å². The number of carbonyl (C=O) groups is 1. The lowest BCUT2D eigenvalue weighted by molar-refractivity contribution is -0.115. The van der Waals surface area contributed by atoms with E-state index >= 15 is 0 Å². The van der Waals surface area contributed by atoms with Crippen LogP contribution in [-0.4, -0.2) is 24.1 Å². The van der Waals surface area contributed by atoms with Gasteiger partial charge in [-0.3, -0.25) is 4.79 Å². The van der Waals surface area contributed by atoms with Crippen LogP contribution in [0.25, 0.3) is 9.88 Å². The Morgan fingerprint density at radius 3 is 2.81 bits per heavy atom. The predicted octanol–water partition coefficient (Wildman–Crippen LogP) is 4.98. The molecule has 0 spiro atoms. The maximum absolute atomic E-state index is 12.3. The first-order valence-corrected chi connectivity index (χ1v) is 10.6. The standard InChI is InChI=1S/C18H15BrN2O3S2/c19-11-6-16(25-9-11)18-21-13(10-26-18)8-17(22)20-12-2-3-14-15(7-12)24-5-1-4-23-14/h2-3,6-7,9-10H,1,4-5,8H2,(H,20,22). The molecule has 1 aliphatic heterocycles. The minimum Gasteiger partial charge on any atom is -0.490 e. The average molecular weight is 451 g/mol. The third-order valence-corrected chi connectivity index (χ3v) is 6.45. The number of ether oxygens (including phenoxy) is 2. The number of rotatable bonds is 4. The summed E-state index contributed by atoms with van der Waals surface area (Å²) in [6, 6.07) is 7.48. The number of hydrogen-bond acceptors (Lipinski definition) is 6. The lowest BCUT2D eigenvalue weighted by atomic mass is 10.2. The molecule has 1 aromatic carbocycles. The Bertz CT molecular complexity index is 938. The lowest BCUT2D eigenvalue weighted by Crippen LogP contribution is -2.14. The topological polar surface area (TPSA) is 60.5 Å². The van der Waals surface area contributed by atoms with E-state index in [2.05, 4.69) is 26.2 Å². The third-order valence-electron chi connectivity index (χ3n) is 3.70. The van der Waals surface area contributed by atoms with E-state index in [0.717, 1.165) is 26.5 Å². The summed E-state index contributed by atoms with van der Waals surface area (Å²) in [7, 11) is 0. The number of benzene rings is 1. The van der Waals surface area contributed by atoms with Crippen LogP contribution in [0.15, 0.2) is 39.5 Å². The number of nitrogens with zero attached hydrogens (tertiary/aromatic N) is 1. The summed E-state index contributed by atoms with van der Waals surface area (Å²) in [4.78, 5) is 18.0. The minimum absolute atomic E-state index is 0.108. The highest BCUT2D eigenvalue weighted by Gasteiger charge is 2.14. The Balaban J connectivity index is 1.41. The van der Waals surface area contributed by atoms with Crippen molar-refractivity contribution in [3.8, 4) is 21.4 Å². The number of amides is 1. The van der Waals surface area contributed by atoms with Gasteiger partial charge < -0.3 is 14.8 Å². The molecule has 0 atom stereocenters. The molecule has 0 bridgehead atoms. The fraction of sp³-hybridized carbons (Fsp3) is 0.222. The molecule has 4 rings (SSSR count). The van der Waals surface area contributed by atoms with E-state index in [-0.39, 0.29) is 12.3 Å². The smallest absolute Gasteiger partial charge is 0.230 e. The maximum Gasteiger partial charge on any atom is 0.230 e. The van der Waals surface area contributed by atoms with Crippen molar-refractivity contribution in [2.45, 2.75) is 12.8 Å². The monoisotopic (exact) mass is 450 g/mol. The van der Waals surface area contributed by atoms with Gasteiger partial charge in [-0.2, -0.15) is 0 Å². The fourth-order valence-corrected chi connectivity index (χ4v) is 4.86. The van der Waals surface area contributed by atoms with Gasteiger partial charge >= 0.3 is 0 Å². The molecule has 0 radical (unpaired) electrons. The van der Waals surface area contributed by atoms with Crippen molar-refractivity contribution in [3.63, 3.8) is 0 Å². The van der Waals surface area contributed by atoms with E-state index in [1.165, 1.54) is 0 Å². The molecule has 8 heteroatoms. The van der Waals surface area contributed by atoms with Gasteiger partial charge in [-0.15, -0.1) is 22.7 Å². The summed E-state index contributed by atoms with van der Waals surface area (Å²) in [5, 5.41) is 7.78. The van der Waals surface area contributed by atoms with Crippen LogP contribution in [0.5, 0.6) is 11.5 Å². The van der Waals surface area contributed by atoms with Crippen molar-refractivity contribution in [1.29, 1.82) is 0 Å². The number of halogens is 1. The van der Waals surface area contributed by atoms with Crippen LogP contribution >= 0.6 is 38.6 Å². The van der Waals surface area contributed by atoms with E-state index in [1.54, 1.807) is 28.7 Å². The van der Waals surface area contributed by atoms with Crippen LogP contribution in [0.4, 0.5) is 5.69 Å². The summed E-state index contributed by atoms with van der Waals surface area (Å²) in [6.45, 7) is 1.26. The molecule has 1 N–H and O–H groups in total. The zero-order valence-electron chi connectivity index (χ0n) is 13.7. The molecule has 26 heavy (non-hydrogen) atoms. The van der Waals surface area contributed by atoms with Gasteiger partial charge in [-0.25, -0.2) is 4.98 Å². The summed E-state index contributed by atoms with van der Waals surface area (Å²) < 4.78 is 12.3. The zero-order chi connectivity index (χ0) is 17.9. The van der Waals surface area contributed by atoms with Crippen LogP contribution < -0.4 is 14.8 Å². The van der Waals surface area contributed by atoms with Crippen LogP contribution in [0.1, 0.15) is 12.1 Å². The quantitative estimate of drug-likeness (QED) is 0.608. The Kier molecular flexibility index (Phi) is 5.23. The van der Waals surface area contributed by atoms with Gasteiger partial charge in [0.2, 0.25) is 5.91 Å². The molecule has 2 aromatic heterocycles. The predicted molar refractivity (Wildman–Crippen MR) is 108 cm³/mol.